The van der Waals surface area contributed by atoms with Crippen LogP contribution < -0.4 is 10.1 Å². The predicted octanol–water partition coefficient (Wildman–Crippen LogP) is 4.47. The molecule has 1 amide bonds. The number of amides is 1. The molecule has 7 nitrogen and oxygen atoms in total. The van der Waals surface area contributed by atoms with Gasteiger partial charge in [0.1, 0.15) is 5.75 Å². The Labute approximate surface area is 174 Å². The van der Waals surface area contributed by atoms with E-state index in [4.69, 9.17) is 4.74 Å². The fourth-order valence-corrected chi connectivity index (χ4v) is 3.94. The molecule has 0 saturated carbocycles. The summed E-state index contributed by atoms with van der Waals surface area (Å²) in [7, 11) is 1.50. The van der Waals surface area contributed by atoms with E-state index < -0.39 is 4.92 Å². The zero-order valence-corrected chi connectivity index (χ0v) is 16.7. The number of nitro groups is 1. The third-order valence-electron chi connectivity index (χ3n) is 5.56. The van der Waals surface area contributed by atoms with Gasteiger partial charge >= 0.3 is 0 Å². The Hall–Kier alpha value is -3.61. The summed E-state index contributed by atoms with van der Waals surface area (Å²) in [4.78, 5) is 25.5. The highest BCUT2D eigenvalue weighted by Gasteiger charge is 2.25. The molecule has 1 aliphatic heterocycles. The van der Waals surface area contributed by atoms with Gasteiger partial charge in [0.05, 0.1) is 23.8 Å². The van der Waals surface area contributed by atoms with Crippen LogP contribution in [0.4, 0.5) is 11.4 Å². The molecule has 0 radical (unpaired) electrons. The van der Waals surface area contributed by atoms with E-state index in [9.17, 15) is 14.9 Å². The van der Waals surface area contributed by atoms with Crippen molar-refractivity contribution in [1.29, 1.82) is 0 Å². The number of anilines is 1. The fourth-order valence-electron chi connectivity index (χ4n) is 3.94. The van der Waals surface area contributed by atoms with E-state index in [1.54, 1.807) is 6.07 Å². The van der Waals surface area contributed by atoms with Crippen molar-refractivity contribution in [2.75, 3.05) is 25.5 Å². The highest BCUT2D eigenvalue weighted by atomic mass is 16.6. The number of ether oxygens (including phenoxy) is 1. The normalized spacial score (nSPS) is 14.5. The zero-order valence-electron chi connectivity index (χ0n) is 16.7. The topological polar surface area (TPSA) is 84.7 Å². The van der Waals surface area contributed by atoms with E-state index in [2.05, 4.69) is 5.32 Å². The SMILES string of the molecule is COc1cc([N+](=O)[O-])ccc1NC1CCN(C(=O)c2cccc3ccccc23)CC1. The van der Waals surface area contributed by atoms with Crippen LogP contribution in [0.2, 0.25) is 0 Å². The number of likely N-dealkylation sites (tertiary alicyclic amines) is 1. The summed E-state index contributed by atoms with van der Waals surface area (Å²) in [6, 6.07) is 18.5. The van der Waals surface area contributed by atoms with E-state index in [1.165, 1.54) is 19.2 Å². The minimum Gasteiger partial charge on any atom is -0.494 e. The number of non-ortho nitro benzene ring substituents is 1. The van der Waals surface area contributed by atoms with Crippen LogP contribution in [-0.4, -0.2) is 42.0 Å². The van der Waals surface area contributed by atoms with Crippen molar-refractivity contribution in [2.24, 2.45) is 0 Å². The number of benzene rings is 3. The quantitative estimate of drug-likeness (QED) is 0.500. The Morgan fingerprint density at radius 2 is 1.83 bits per heavy atom. The lowest BCUT2D eigenvalue weighted by atomic mass is 10.0. The van der Waals surface area contributed by atoms with Crippen molar-refractivity contribution in [3.8, 4) is 5.75 Å². The van der Waals surface area contributed by atoms with Gasteiger partial charge in [-0.3, -0.25) is 14.9 Å². The second-order valence-electron chi connectivity index (χ2n) is 7.38. The second kappa shape index (κ2) is 8.41. The summed E-state index contributed by atoms with van der Waals surface area (Å²) in [5, 5.41) is 16.4. The van der Waals surface area contributed by atoms with Gasteiger partial charge in [-0.15, -0.1) is 0 Å². The van der Waals surface area contributed by atoms with E-state index >= 15 is 0 Å². The first-order valence-electron chi connectivity index (χ1n) is 9.93. The minimum atomic E-state index is -0.441. The maximum atomic E-state index is 13.1. The summed E-state index contributed by atoms with van der Waals surface area (Å²) in [6.45, 7) is 1.30. The van der Waals surface area contributed by atoms with Gasteiger partial charge < -0.3 is 15.0 Å². The third-order valence-corrected chi connectivity index (χ3v) is 5.56. The molecule has 3 aromatic carbocycles. The maximum absolute atomic E-state index is 13.1. The average molecular weight is 405 g/mol. The maximum Gasteiger partial charge on any atom is 0.273 e. The molecule has 0 aliphatic carbocycles. The molecule has 1 fully saturated rings. The molecule has 0 unspecified atom stereocenters. The van der Waals surface area contributed by atoms with Gasteiger partial charge in [0, 0.05) is 30.8 Å². The van der Waals surface area contributed by atoms with Crippen molar-refractivity contribution in [1.82, 2.24) is 4.90 Å². The number of methoxy groups -OCH3 is 1. The Morgan fingerprint density at radius 3 is 2.57 bits per heavy atom. The fraction of sp³-hybridized carbons (Fsp3) is 0.261. The molecular formula is C23H23N3O4. The van der Waals surface area contributed by atoms with Crippen LogP contribution in [-0.2, 0) is 0 Å². The first-order valence-corrected chi connectivity index (χ1v) is 9.93. The number of nitro benzene ring substituents is 1. The van der Waals surface area contributed by atoms with Crippen LogP contribution >= 0.6 is 0 Å². The standard InChI is InChI=1S/C23H23N3O4/c1-30-22-15-18(26(28)29)9-10-21(22)24-17-11-13-25(14-12-17)23(27)20-8-4-6-16-5-2-3-7-19(16)20/h2-10,15,17,24H,11-14H2,1H3. The van der Waals surface area contributed by atoms with Crippen LogP contribution in [0.3, 0.4) is 0 Å². The highest BCUT2D eigenvalue weighted by molar-refractivity contribution is 6.07. The lowest BCUT2D eigenvalue weighted by Gasteiger charge is -2.33. The molecule has 3 aromatic rings. The van der Waals surface area contributed by atoms with Crippen LogP contribution in [0, 0.1) is 10.1 Å². The van der Waals surface area contributed by atoms with Crippen LogP contribution in [0.15, 0.2) is 60.7 Å². The first-order chi connectivity index (χ1) is 14.6. The van der Waals surface area contributed by atoms with E-state index in [0.29, 0.717) is 18.8 Å². The molecule has 1 N–H and O–H groups in total. The molecule has 154 valence electrons. The summed E-state index contributed by atoms with van der Waals surface area (Å²) in [5.74, 6) is 0.497. The molecule has 0 spiro atoms. The molecule has 1 saturated heterocycles. The van der Waals surface area contributed by atoms with E-state index in [1.807, 2.05) is 47.4 Å². The van der Waals surface area contributed by atoms with Gasteiger partial charge in [0.2, 0.25) is 0 Å². The van der Waals surface area contributed by atoms with Gasteiger partial charge in [-0.05, 0) is 35.7 Å². The predicted molar refractivity (Wildman–Crippen MR) is 116 cm³/mol. The van der Waals surface area contributed by atoms with Crippen molar-refractivity contribution in [3.63, 3.8) is 0 Å². The lowest BCUT2D eigenvalue weighted by molar-refractivity contribution is -0.384. The Balaban J connectivity index is 1.43. The van der Waals surface area contributed by atoms with Crippen LogP contribution in [0.1, 0.15) is 23.2 Å². The molecule has 30 heavy (non-hydrogen) atoms. The number of rotatable bonds is 5. The number of hydrogen-bond donors (Lipinski definition) is 1. The van der Waals surface area contributed by atoms with Crippen molar-refractivity contribution in [2.45, 2.75) is 18.9 Å². The number of nitrogens with one attached hydrogen (secondary N) is 1. The third kappa shape index (κ3) is 3.91. The zero-order chi connectivity index (χ0) is 21.1. The summed E-state index contributed by atoms with van der Waals surface area (Å²) >= 11 is 0. The van der Waals surface area contributed by atoms with Crippen molar-refractivity contribution >= 4 is 28.1 Å². The number of carbonyl (C=O) groups is 1. The van der Waals surface area contributed by atoms with Gasteiger partial charge in [0.25, 0.3) is 11.6 Å². The molecule has 0 bridgehead atoms. The Kier molecular flexibility index (Phi) is 5.52. The molecule has 1 aliphatic rings. The van der Waals surface area contributed by atoms with E-state index in [-0.39, 0.29) is 17.6 Å². The molecule has 4 rings (SSSR count). The Bertz CT molecular complexity index is 1090. The van der Waals surface area contributed by atoms with Crippen LogP contribution in [0.5, 0.6) is 5.75 Å². The smallest absolute Gasteiger partial charge is 0.273 e. The second-order valence-corrected chi connectivity index (χ2v) is 7.38. The molecule has 7 heteroatoms. The van der Waals surface area contributed by atoms with Gasteiger partial charge in [-0.2, -0.15) is 0 Å². The minimum absolute atomic E-state index is 0.00657. The number of piperidine rings is 1. The van der Waals surface area contributed by atoms with E-state index in [0.717, 1.165) is 34.9 Å². The largest absolute Gasteiger partial charge is 0.494 e. The highest BCUT2D eigenvalue weighted by Crippen LogP contribution is 2.31. The number of hydrogen-bond acceptors (Lipinski definition) is 5. The van der Waals surface area contributed by atoms with Crippen molar-refractivity contribution in [3.05, 3.63) is 76.3 Å². The molecular weight excluding hydrogens is 382 g/mol. The number of carbonyl (C=O) groups excluding carboxylic acids is 1. The summed E-state index contributed by atoms with van der Waals surface area (Å²) < 4.78 is 5.30. The monoisotopic (exact) mass is 405 g/mol. The summed E-state index contributed by atoms with van der Waals surface area (Å²) in [5.41, 5.74) is 1.45. The summed E-state index contributed by atoms with van der Waals surface area (Å²) in [6.07, 6.45) is 1.58. The first kappa shape index (κ1) is 19.7. The Morgan fingerprint density at radius 1 is 1.10 bits per heavy atom. The van der Waals surface area contributed by atoms with Gasteiger partial charge in [0.15, 0.2) is 0 Å². The van der Waals surface area contributed by atoms with Gasteiger partial charge in [-0.25, -0.2) is 0 Å². The number of nitrogens with zero attached hydrogens (tertiary/aromatic N) is 2. The molecule has 0 atom stereocenters. The van der Waals surface area contributed by atoms with Crippen LogP contribution in [0.25, 0.3) is 10.8 Å². The number of fused-ring (bicyclic) bond motifs is 1. The average Bonchev–Trinajstić information content (AvgIpc) is 2.79. The molecule has 1 heterocycles. The van der Waals surface area contributed by atoms with Crippen molar-refractivity contribution < 1.29 is 14.5 Å². The lowest BCUT2D eigenvalue weighted by Crippen LogP contribution is -2.42. The molecule has 0 aromatic heterocycles. The van der Waals surface area contributed by atoms with Gasteiger partial charge in [-0.1, -0.05) is 36.4 Å².